The average molecular weight is 249 g/mol. The number of hydrogen-bond donors (Lipinski definition) is 0. The molecule has 0 fully saturated rings. The van der Waals surface area contributed by atoms with Gasteiger partial charge in [0.05, 0.1) is 5.75 Å². The van der Waals surface area contributed by atoms with Crippen molar-refractivity contribution in [2.45, 2.75) is 39.0 Å². The first-order valence-corrected chi connectivity index (χ1v) is 8.14. The maximum absolute atomic E-state index is 11.1. The summed E-state index contributed by atoms with van der Waals surface area (Å²) in [5, 5.41) is 10.3. The van der Waals surface area contributed by atoms with Crippen LogP contribution in [0, 0.1) is 10.7 Å². The van der Waals surface area contributed by atoms with Crippen LogP contribution >= 0.6 is 11.8 Å². The average Bonchev–Trinajstić information content (AvgIpc) is 2.22. The number of thiocyanates is 1. The topological polar surface area (TPSA) is 57.9 Å². The summed E-state index contributed by atoms with van der Waals surface area (Å²) in [7, 11) is -2.77. The van der Waals surface area contributed by atoms with E-state index in [1.54, 1.807) is 6.92 Å². The molecule has 0 bridgehead atoms. The Balaban J connectivity index is 3.23. The van der Waals surface area contributed by atoms with E-state index in [2.05, 4.69) is 0 Å². The molecule has 88 valence electrons. The van der Waals surface area contributed by atoms with Crippen molar-refractivity contribution in [3.8, 4) is 5.40 Å². The molecule has 0 saturated heterocycles. The van der Waals surface area contributed by atoms with E-state index in [1.807, 2.05) is 5.40 Å². The van der Waals surface area contributed by atoms with Crippen molar-refractivity contribution in [3.63, 3.8) is 0 Å². The van der Waals surface area contributed by atoms with Crippen molar-refractivity contribution in [1.82, 2.24) is 0 Å². The number of hydrogen-bond acceptors (Lipinski definition) is 4. The van der Waals surface area contributed by atoms with Gasteiger partial charge in [0.25, 0.3) is 0 Å². The second-order valence-corrected chi connectivity index (χ2v) is 6.80. The number of nitriles is 1. The van der Waals surface area contributed by atoms with Crippen LogP contribution in [0.5, 0.6) is 0 Å². The lowest BCUT2D eigenvalue weighted by Gasteiger charge is -2.01. The van der Waals surface area contributed by atoms with Crippen LogP contribution in [0.3, 0.4) is 0 Å². The number of sulfone groups is 1. The zero-order chi connectivity index (χ0) is 11.6. The van der Waals surface area contributed by atoms with E-state index >= 15 is 0 Å². The molecule has 0 saturated carbocycles. The van der Waals surface area contributed by atoms with Crippen LogP contribution in [0.1, 0.15) is 39.0 Å². The fourth-order valence-electron chi connectivity index (χ4n) is 1.22. The third kappa shape index (κ3) is 10.1. The lowest BCUT2D eigenvalue weighted by Crippen LogP contribution is -2.08. The third-order valence-corrected chi connectivity index (χ3v) is 4.62. The van der Waals surface area contributed by atoms with Crippen LogP contribution < -0.4 is 0 Å². The lowest BCUT2D eigenvalue weighted by atomic mass is 10.2. The molecule has 0 aliphatic rings. The maximum atomic E-state index is 11.1. The first-order chi connectivity index (χ1) is 7.12. The monoisotopic (exact) mass is 249 g/mol. The molecule has 0 unspecified atom stereocenters. The van der Waals surface area contributed by atoms with Gasteiger partial charge in [-0.1, -0.05) is 26.2 Å². The van der Waals surface area contributed by atoms with Gasteiger partial charge in [-0.15, -0.1) is 0 Å². The van der Waals surface area contributed by atoms with E-state index in [4.69, 9.17) is 5.26 Å². The summed E-state index contributed by atoms with van der Waals surface area (Å²) in [4.78, 5) is 0. The Hall–Kier alpha value is -0.210. The summed E-state index contributed by atoms with van der Waals surface area (Å²) in [5.41, 5.74) is 0. The summed E-state index contributed by atoms with van der Waals surface area (Å²) in [5.74, 6) is 1.48. The molecule has 0 aromatic carbocycles. The second-order valence-electron chi connectivity index (χ2n) is 3.44. The van der Waals surface area contributed by atoms with Gasteiger partial charge in [-0.2, -0.15) is 5.26 Å². The molecule has 0 rings (SSSR count). The summed E-state index contributed by atoms with van der Waals surface area (Å²) >= 11 is 1.29. The van der Waals surface area contributed by atoms with Crippen molar-refractivity contribution in [2.24, 2.45) is 0 Å². The van der Waals surface area contributed by atoms with E-state index < -0.39 is 9.84 Å². The van der Waals surface area contributed by atoms with E-state index in [0.717, 1.165) is 37.9 Å². The molecule has 0 radical (unpaired) electrons. The predicted octanol–water partition coefficient (Wildman–Crippen LogP) is 2.59. The fourth-order valence-corrected chi connectivity index (χ4v) is 2.59. The second kappa shape index (κ2) is 9.05. The third-order valence-electron chi connectivity index (χ3n) is 2.21. The van der Waals surface area contributed by atoms with E-state index in [9.17, 15) is 8.42 Å². The minimum atomic E-state index is -2.77. The van der Waals surface area contributed by atoms with Gasteiger partial charge in [0.15, 0.2) is 0 Å². The highest BCUT2D eigenvalue weighted by atomic mass is 32.2. The van der Waals surface area contributed by atoms with Gasteiger partial charge in [-0.05, 0) is 24.6 Å². The van der Waals surface area contributed by atoms with Gasteiger partial charge >= 0.3 is 0 Å². The van der Waals surface area contributed by atoms with Gasteiger partial charge in [-0.25, -0.2) is 8.42 Å². The molecule has 0 atom stereocenters. The molecule has 0 spiro atoms. The molecule has 3 nitrogen and oxygen atoms in total. The Morgan fingerprint density at radius 1 is 1.13 bits per heavy atom. The minimum absolute atomic E-state index is 0.256. The molecule has 15 heavy (non-hydrogen) atoms. The number of nitrogens with zero attached hydrogens (tertiary/aromatic N) is 1. The molecule has 0 aliphatic carbocycles. The number of rotatable bonds is 9. The van der Waals surface area contributed by atoms with Crippen LogP contribution in [0.2, 0.25) is 0 Å². The standard InChI is InChI=1S/C10H19NO2S2/c1-2-15(12,13)9-7-5-3-4-6-8-14-10-11/h2-9H2,1H3. The number of thioether (sulfide) groups is 1. The smallest absolute Gasteiger partial charge is 0.150 e. The van der Waals surface area contributed by atoms with Crippen molar-refractivity contribution in [3.05, 3.63) is 0 Å². The van der Waals surface area contributed by atoms with Crippen LogP contribution in [0.15, 0.2) is 0 Å². The largest absolute Gasteiger partial charge is 0.229 e. The molecule has 0 amide bonds. The molecule has 0 aromatic heterocycles. The SMILES string of the molecule is CCS(=O)(=O)CCCCCCCSC#N. The summed E-state index contributed by atoms with van der Waals surface area (Å²) < 4.78 is 22.3. The van der Waals surface area contributed by atoms with E-state index in [1.165, 1.54) is 11.8 Å². The molecule has 0 N–H and O–H groups in total. The Bertz CT molecular complexity index is 280. The van der Waals surface area contributed by atoms with Crippen LogP contribution in [0.25, 0.3) is 0 Å². The molecule has 0 aliphatic heterocycles. The lowest BCUT2D eigenvalue weighted by molar-refractivity contribution is 0.588. The highest BCUT2D eigenvalue weighted by Crippen LogP contribution is 2.08. The fraction of sp³-hybridized carbons (Fsp3) is 0.900. The number of unbranched alkanes of at least 4 members (excludes halogenated alkanes) is 4. The van der Waals surface area contributed by atoms with Crippen molar-refractivity contribution < 1.29 is 8.42 Å². The van der Waals surface area contributed by atoms with Gasteiger partial charge in [0, 0.05) is 11.5 Å². The Kier molecular flexibility index (Phi) is 8.92. The van der Waals surface area contributed by atoms with E-state index in [-0.39, 0.29) is 5.75 Å². The van der Waals surface area contributed by atoms with Gasteiger partial charge < -0.3 is 0 Å². The quantitative estimate of drug-likeness (QED) is 0.465. The normalized spacial score (nSPS) is 11.2. The Morgan fingerprint density at radius 3 is 2.33 bits per heavy atom. The highest BCUT2D eigenvalue weighted by molar-refractivity contribution is 8.03. The predicted molar refractivity (Wildman–Crippen MR) is 65.5 cm³/mol. The van der Waals surface area contributed by atoms with Crippen LogP contribution in [-0.4, -0.2) is 25.7 Å². The van der Waals surface area contributed by atoms with Crippen molar-refractivity contribution in [1.29, 1.82) is 5.26 Å². The zero-order valence-corrected chi connectivity index (χ0v) is 10.9. The van der Waals surface area contributed by atoms with Crippen LogP contribution in [0.4, 0.5) is 0 Å². The first kappa shape index (κ1) is 14.8. The summed E-state index contributed by atoms with van der Waals surface area (Å²) in [6.45, 7) is 1.69. The van der Waals surface area contributed by atoms with Gasteiger partial charge in [0.2, 0.25) is 0 Å². The molecule has 0 heterocycles. The minimum Gasteiger partial charge on any atom is -0.229 e. The van der Waals surface area contributed by atoms with Crippen molar-refractivity contribution >= 4 is 21.6 Å². The maximum Gasteiger partial charge on any atom is 0.150 e. The first-order valence-electron chi connectivity index (χ1n) is 5.33. The summed E-state index contributed by atoms with van der Waals surface area (Å²) in [6.07, 6.45) is 4.99. The van der Waals surface area contributed by atoms with Crippen LogP contribution in [-0.2, 0) is 9.84 Å². The Morgan fingerprint density at radius 2 is 1.73 bits per heavy atom. The Labute approximate surface area is 97.2 Å². The summed E-state index contributed by atoms with van der Waals surface area (Å²) in [6, 6.07) is 0. The molecular weight excluding hydrogens is 230 g/mol. The van der Waals surface area contributed by atoms with Gasteiger partial charge in [0.1, 0.15) is 15.2 Å². The molecular formula is C10H19NO2S2. The highest BCUT2D eigenvalue weighted by Gasteiger charge is 2.05. The van der Waals surface area contributed by atoms with Crippen molar-refractivity contribution in [2.75, 3.05) is 17.3 Å². The zero-order valence-electron chi connectivity index (χ0n) is 9.24. The molecule has 0 aromatic rings. The van der Waals surface area contributed by atoms with Gasteiger partial charge in [-0.3, -0.25) is 0 Å². The van der Waals surface area contributed by atoms with E-state index in [0.29, 0.717) is 5.75 Å². The molecule has 5 heteroatoms.